The highest BCUT2D eigenvalue weighted by Gasteiger charge is 2.21. The number of hydrogen-bond donors (Lipinski definition) is 2. The van der Waals surface area contributed by atoms with Crippen LogP contribution in [0.4, 0.5) is 5.69 Å². The highest BCUT2D eigenvalue weighted by Crippen LogP contribution is 2.35. The van der Waals surface area contributed by atoms with Gasteiger partial charge in [0, 0.05) is 26.9 Å². The normalized spacial score (nSPS) is 11.7. The summed E-state index contributed by atoms with van der Waals surface area (Å²) in [7, 11) is 0. The average molecular weight is 391 g/mol. The minimum Gasteiger partial charge on any atom is -0.326 e. The molecule has 0 saturated heterocycles. The summed E-state index contributed by atoms with van der Waals surface area (Å²) >= 11 is 1.64. The second-order valence-electron chi connectivity index (χ2n) is 7.82. The van der Waals surface area contributed by atoms with Crippen molar-refractivity contribution in [2.24, 2.45) is 5.41 Å². The van der Waals surface area contributed by atoms with Crippen LogP contribution in [0, 0.1) is 12.3 Å². The molecule has 0 saturated carbocycles. The molecule has 0 bridgehead atoms. The van der Waals surface area contributed by atoms with E-state index in [1.807, 2.05) is 63.2 Å². The number of aromatic nitrogens is 3. The number of nitrogens with one attached hydrogen (secondary N) is 2. The molecule has 0 aliphatic rings. The van der Waals surface area contributed by atoms with E-state index >= 15 is 0 Å². The minimum absolute atomic E-state index is 0.00205. The Hall–Kier alpha value is -2.99. The summed E-state index contributed by atoms with van der Waals surface area (Å²) in [5, 5.41) is 12.5. The Morgan fingerprint density at radius 3 is 2.46 bits per heavy atom. The maximum atomic E-state index is 12.2. The van der Waals surface area contributed by atoms with Gasteiger partial charge in [0.25, 0.3) is 0 Å². The Labute approximate surface area is 167 Å². The van der Waals surface area contributed by atoms with Gasteiger partial charge < -0.3 is 5.32 Å². The van der Waals surface area contributed by atoms with Crippen LogP contribution in [0.1, 0.15) is 25.6 Å². The van der Waals surface area contributed by atoms with Crippen molar-refractivity contribution in [2.75, 3.05) is 5.32 Å². The van der Waals surface area contributed by atoms with Crippen LogP contribution < -0.4 is 5.32 Å². The predicted molar refractivity (Wildman–Crippen MR) is 115 cm³/mol. The number of thiazole rings is 1. The molecule has 0 aliphatic carbocycles. The first-order valence-electron chi connectivity index (χ1n) is 9.16. The van der Waals surface area contributed by atoms with Gasteiger partial charge in [-0.25, -0.2) is 4.98 Å². The summed E-state index contributed by atoms with van der Waals surface area (Å²) in [6, 6.07) is 15.9. The molecule has 0 fully saturated rings. The maximum Gasteiger partial charge on any atom is 0.229 e. The Morgan fingerprint density at radius 1 is 1.04 bits per heavy atom. The molecule has 4 aromatic rings. The number of aryl methyl sites for hydroxylation is 1. The number of carbonyl (C=O) groups is 1. The first-order valence-corrected chi connectivity index (χ1v) is 9.97. The zero-order valence-corrected chi connectivity index (χ0v) is 17.1. The Morgan fingerprint density at radius 2 is 1.75 bits per heavy atom. The Bertz CT molecular complexity index is 1150. The Balaban J connectivity index is 1.63. The summed E-state index contributed by atoms with van der Waals surface area (Å²) in [5.74, 6) is -0.00205. The van der Waals surface area contributed by atoms with E-state index < -0.39 is 5.41 Å². The molecule has 5 nitrogen and oxygen atoms in total. The molecule has 0 unspecified atom stereocenters. The van der Waals surface area contributed by atoms with Gasteiger partial charge in [-0.1, -0.05) is 51.1 Å². The van der Waals surface area contributed by atoms with Crippen molar-refractivity contribution in [3.05, 3.63) is 53.4 Å². The van der Waals surface area contributed by atoms with E-state index in [1.54, 1.807) is 11.3 Å². The molecule has 6 heteroatoms. The standard InChI is InChI=1S/C22H22N4OS/c1-13-18(14-9-11-15(12-10-14)23-21(27)22(2,3)4)24-20(28-13)19-16-7-5-6-8-17(16)25-26-19/h5-12H,1-4H3,(H,23,27)(H,25,26). The number of carbonyl (C=O) groups excluding carboxylic acids is 1. The van der Waals surface area contributed by atoms with Gasteiger partial charge in [0.15, 0.2) is 0 Å². The van der Waals surface area contributed by atoms with Crippen molar-refractivity contribution < 1.29 is 4.79 Å². The third kappa shape index (κ3) is 3.43. The summed E-state index contributed by atoms with van der Waals surface area (Å²) < 4.78 is 0. The fourth-order valence-corrected chi connectivity index (χ4v) is 3.86. The summed E-state index contributed by atoms with van der Waals surface area (Å²) in [4.78, 5) is 18.1. The zero-order valence-electron chi connectivity index (χ0n) is 16.3. The van der Waals surface area contributed by atoms with Crippen molar-refractivity contribution in [1.82, 2.24) is 15.2 Å². The van der Waals surface area contributed by atoms with Crippen LogP contribution in [-0.2, 0) is 4.79 Å². The average Bonchev–Trinajstić information content (AvgIpc) is 3.25. The molecule has 2 N–H and O–H groups in total. The molecule has 0 spiro atoms. The molecular formula is C22H22N4OS. The number of aromatic amines is 1. The lowest BCUT2D eigenvalue weighted by Gasteiger charge is -2.17. The van der Waals surface area contributed by atoms with Crippen molar-refractivity contribution in [2.45, 2.75) is 27.7 Å². The van der Waals surface area contributed by atoms with Crippen LogP contribution >= 0.6 is 11.3 Å². The SMILES string of the molecule is Cc1sc(-c2n[nH]c3ccccc23)nc1-c1ccc(NC(=O)C(C)(C)C)cc1. The second-order valence-corrected chi connectivity index (χ2v) is 9.03. The van der Waals surface area contributed by atoms with Crippen LogP contribution in [0.2, 0.25) is 0 Å². The van der Waals surface area contributed by atoms with Crippen LogP contribution in [0.3, 0.4) is 0 Å². The van der Waals surface area contributed by atoms with Crippen LogP contribution in [0.5, 0.6) is 0 Å². The summed E-state index contributed by atoms with van der Waals surface area (Å²) in [5.41, 5.74) is 4.21. The lowest BCUT2D eigenvalue weighted by Crippen LogP contribution is -2.27. The molecule has 4 rings (SSSR count). The minimum atomic E-state index is -0.425. The van der Waals surface area contributed by atoms with Crippen LogP contribution in [0.25, 0.3) is 32.9 Å². The van der Waals surface area contributed by atoms with E-state index in [0.29, 0.717) is 0 Å². The fraction of sp³-hybridized carbons (Fsp3) is 0.227. The topological polar surface area (TPSA) is 70.7 Å². The molecule has 2 aromatic carbocycles. The predicted octanol–water partition coefficient (Wildman–Crippen LogP) is 5.65. The lowest BCUT2D eigenvalue weighted by molar-refractivity contribution is -0.123. The number of para-hydroxylation sites is 1. The number of fused-ring (bicyclic) bond motifs is 1. The van der Waals surface area contributed by atoms with E-state index in [-0.39, 0.29) is 5.91 Å². The van der Waals surface area contributed by atoms with Gasteiger partial charge in [0.1, 0.15) is 10.7 Å². The lowest BCUT2D eigenvalue weighted by atomic mass is 9.95. The van der Waals surface area contributed by atoms with Gasteiger partial charge in [0.05, 0.1) is 11.2 Å². The molecule has 28 heavy (non-hydrogen) atoms. The number of H-pyrrole nitrogens is 1. The summed E-state index contributed by atoms with van der Waals surface area (Å²) in [6.45, 7) is 7.77. The first-order chi connectivity index (χ1) is 13.3. The van der Waals surface area contributed by atoms with Crippen molar-refractivity contribution in [3.63, 3.8) is 0 Å². The first kappa shape index (κ1) is 18.4. The quantitative estimate of drug-likeness (QED) is 0.475. The molecular weight excluding hydrogens is 368 g/mol. The molecule has 2 heterocycles. The van der Waals surface area contributed by atoms with Gasteiger partial charge >= 0.3 is 0 Å². The summed E-state index contributed by atoms with van der Waals surface area (Å²) in [6.07, 6.45) is 0. The second kappa shape index (κ2) is 6.87. The molecule has 0 aliphatic heterocycles. The number of amides is 1. The molecule has 0 atom stereocenters. The van der Waals surface area contributed by atoms with Crippen molar-refractivity contribution >= 4 is 33.8 Å². The van der Waals surface area contributed by atoms with Crippen LogP contribution in [0.15, 0.2) is 48.5 Å². The largest absolute Gasteiger partial charge is 0.326 e. The van der Waals surface area contributed by atoms with E-state index in [9.17, 15) is 4.79 Å². The number of benzene rings is 2. The van der Waals surface area contributed by atoms with Gasteiger partial charge in [-0.2, -0.15) is 5.10 Å². The molecule has 142 valence electrons. The van der Waals surface area contributed by atoms with E-state index in [0.717, 1.165) is 43.4 Å². The van der Waals surface area contributed by atoms with Crippen LogP contribution in [-0.4, -0.2) is 21.1 Å². The van der Waals surface area contributed by atoms with Crippen molar-refractivity contribution in [1.29, 1.82) is 0 Å². The highest BCUT2D eigenvalue weighted by molar-refractivity contribution is 7.15. The zero-order chi connectivity index (χ0) is 19.9. The van der Waals surface area contributed by atoms with Gasteiger partial charge in [-0.05, 0) is 25.1 Å². The number of hydrogen-bond acceptors (Lipinski definition) is 4. The molecule has 2 aromatic heterocycles. The van der Waals surface area contributed by atoms with Gasteiger partial charge in [0.2, 0.25) is 5.91 Å². The number of anilines is 1. The molecule has 0 radical (unpaired) electrons. The van der Waals surface area contributed by atoms with Gasteiger partial charge in [-0.3, -0.25) is 9.89 Å². The highest BCUT2D eigenvalue weighted by atomic mass is 32.1. The fourth-order valence-electron chi connectivity index (χ4n) is 2.92. The maximum absolute atomic E-state index is 12.2. The number of rotatable bonds is 3. The number of nitrogens with zero attached hydrogens (tertiary/aromatic N) is 2. The third-order valence-electron chi connectivity index (χ3n) is 4.57. The van der Waals surface area contributed by atoms with Gasteiger partial charge in [-0.15, -0.1) is 11.3 Å². The third-order valence-corrected chi connectivity index (χ3v) is 5.54. The van der Waals surface area contributed by atoms with E-state index in [2.05, 4.69) is 28.5 Å². The smallest absolute Gasteiger partial charge is 0.229 e. The van der Waals surface area contributed by atoms with E-state index in [1.165, 1.54) is 0 Å². The van der Waals surface area contributed by atoms with Crippen molar-refractivity contribution in [3.8, 4) is 22.0 Å². The molecule has 1 amide bonds. The monoisotopic (exact) mass is 390 g/mol. The van der Waals surface area contributed by atoms with E-state index in [4.69, 9.17) is 4.98 Å². The Kier molecular flexibility index (Phi) is 4.51.